The SMILES string of the molecule is COC(=O)C(C)(C)c1cccc(B2OC(C)(C)C(C)(C)O2)c1.COc1ccc2nc(C)c(C)c(C(=O)O)c2n1.FC(F)(F)c1ccc(CBr)o1.NCc1ccc(Br)cc1Cl. The Labute approximate surface area is 369 Å². The summed E-state index contributed by atoms with van der Waals surface area (Å²) in [4.78, 5) is 31.7. The van der Waals surface area contributed by atoms with Gasteiger partial charge < -0.3 is 34.0 Å². The van der Waals surface area contributed by atoms with Gasteiger partial charge in [-0.05, 0) is 108 Å². The standard InChI is InChI=1S/C17H25BO4.C12H12N2O3.C7H7BrClN.C6H4BrF3O/c1-15(2,14(19)20-7)12-9-8-10-13(11-12)18-21-16(3,4)17(5,6)22-18;1-6-7(2)13-8-4-5-9(17-3)14-11(8)10(6)12(15)16;8-6-2-1-5(4-10)7(9)3-6;7-3-4-1-2-5(11-4)6(8,9)10/h8-11H,1-7H3;4-5H,1-3H3,(H,15,16);1-3H,4,10H2;1-2H,3H2. The number of ether oxygens (including phenoxy) is 2. The Kier molecular flexibility index (Phi) is 17.4. The second kappa shape index (κ2) is 20.7. The number of alkyl halides is 4. The molecular formula is C42H48BBr2ClF3N3O8. The molecule has 1 aliphatic heterocycles. The summed E-state index contributed by atoms with van der Waals surface area (Å²) in [6.07, 6.45) is -4.37. The lowest BCUT2D eigenvalue weighted by Gasteiger charge is -2.32. The third kappa shape index (κ3) is 12.5. The summed E-state index contributed by atoms with van der Waals surface area (Å²) in [6, 6.07) is 19.0. The number of aryl methyl sites for hydroxylation is 1. The van der Waals surface area contributed by atoms with Crippen molar-refractivity contribution in [2.45, 2.75) is 90.1 Å². The first-order valence-electron chi connectivity index (χ1n) is 18.3. The molecule has 1 fully saturated rings. The van der Waals surface area contributed by atoms with Gasteiger partial charge in [-0.3, -0.25) is 9.78 Å². The molecule has 18 heteroatoms. The molecule has 1 aliphatic rings. The van der Waals surface area contributed by atoms with Crippen molar-refractivity contribution in [3.8, 4) is 5.88 Å². The predicted molar refractivity (Wildman–Crippen MR) is 233 cm³/mol. The van der Waals surface area contributed by atoms with Gasteiger partial charge in [0.05, 0.1) is 47.2 Å². The highest BCUT2D eigenvalue weighted by Crippen LogP contribution is 2.37. The molecule has 5 aromatic rings. The van der Waals surface area contributed by atoms with Crippen molar-refractivity contribution in [3.63, 3.8) is 0 Å². The van der Waals surface area contributed by atoms with E-state index in [4.69, 9.17) is 36.1 Å². The number of methoxy groups -OCH3 is 2. The van der Waals surface area contributed by atoms with Crippen molar-refractivity contribution >= 4 is 79.0 Å². The summed E-state index contributed by atoms with van der Waals surface area (Å²) in [7, 11) is 2.46. The summed E-state index contributed by atoms with van der Waals surface area (Å²) in [6.45, 7) is 15.8. The van der Waals surface area contributed by atoms with Gasteiger partial charge in [0.2, 0.25) is 11.6 Å². The first-order valence-corrected chi connectivity index (χ1v) is 20.6. The van der Waals surface area contributed by atoms with E-state index in [9.17, 15) is 27.9 Å². The molecule has 0 spiro atoms. The largest absolute Gasteiger partial charge is 0.494 e. The van der Waals surface area contributed by atoms with E-state index in [1.165, 1.54) is 20.3 Å². The average Bonchev–Trinajstić information content (AvgIpc) is 3.77. The minimum atomic E-state index is -4.37. The summed E-state index contributed by atoms with van der Waals surface area (Å²) in [5.41, 5.74) is 9.12. The fraction of sp³-hybridized carbons (Fsp3) is 0.381. The summed E-state index contributed by atoms with van der Waals surface area (Å²) < 4.78 is 62.9. The zero-order valence-electron chi connectivity index (χ0n) is 34.9. The van der Waals surface area contributed by atoms with Crippen LogP contribution in [0.3, 0.4) is 0 Å². The maximum absolute atomic E-state index is 12.0. The monoisotopic (exact) mass is 983 g/mol. The molecule has 0 atom stereocenters. The highest BCUT2D eigenvalue weighted by Gasteiger charge is 2.52. The van der Waals surface area contributed by atoms with Crippen molar-refractivity contribution in [3.05, 3.63) is 116 Å². The molecule has 0 aliphatic carbocycles. The second-order valence-corrected chi connectivity index (χ2v) is 16.8. The number of carboxylic acids is 1. The Balaban J connectivity index is 0.000000224. The summed E-state index contributed by atoms with van der Waals surface area (Å²) in [5.74, 6) is -1.56. The first kappa shape index (κ1) is 50.4. The number of pyridine rings is 2. The summed E-state index contributed by atoms with van der Waals surface area (Å²) >= 11 is 12.1. The number of rotatable bonds is 7. The molecule has 4 heterocycles. The van der Waals surface area contributed by atoms with Crippen LogP contribution in [0.25, 0.3) is 11.0 Å². The molecule has 0 bridgehead atoms. The Morgan fingerprint density at radius 2 is 1.58 bits per heavy atom. The number of nitrogens with zero attached hydrogens (tertiary/aromatic N) is 2. The van der Waals surface area contributed by atoms with Gasteiger partial charge in [0, 0.05) is 27.8 Å². The normalized spacial score (nSPS) is 14.2. The molecule has 2 aromatic carbocycles. The van der Waals surface area contributed by atoms with Gasteiger partial charge in [0.1, 0.15) is 11.3 Å². The number of furan rings is 1. The number of aromatic nitrogens is 2. The van der Waals surface area contributed by atoms with Crippen LogP contribution >= 0.6 is 43.5 Å². The van der Waals surface area contributed by atoms with Gasteiger partial charge in [0.15, 0.2) is 0 Å². The molecule has 6 rings (SSSR count). The number of carboxylic acid groups (broad SMARTS) is 1. The molecule has 324 valence electrons. The van der Waals surface area contributed by atoms with Crippen LogP contribution in [0, 0.1) is 13.8 Å². The van der Waals surface area contributed by atoms with Crippen LogP contribution in [0.4, 0.5) is 13.2 Å². The molecule has 1 saturated heterocycles. The number of aromatic carboxylic acids is 1. The fourth-order valence-electron chi connectivity index (χ4n) is 5.42. The number of hydrogen-bond acceptors (Lipinski definition) is 10. The van der Waals surface area contributed by atoms with Gasteiger partial charge >= 0.3 is 25.2 Å². The lowest BCUT2D eigenvalue weighted by molar-refractivity contribution is -0.153. The molecule has 0 saturated carbocycles. The van der Waals surface area contributed by atoms with E-state index in [-0.39, 0.29) is 28.5 Å². The van der Waals surface area contributed by atoms with Gasteiger partial charge in [-0.1, -0.05) is 73.8 Å². The van der Waals surface area contributed by atoms with E-state index < -0.39 is 30.4 Å². The number of nitrogens with two attached hydrogens (primary N) is 1. The Morgan fingerprint density at radius 3 is 2.07 bits per heavy atom. The van der Waals surface area contributed by atoms with E-state index in [0.29, 0.717) is 40.0 Å². The molecule has 0 unspecified atom stereocenters. The lowest BCUT2D eigenvalue weighted by Crippen LogP contribution is -2.41. The number of benzene rings is 2. The van der Waals surface area contributed by atoms with Gasteiger partial charge in [-0.2, -0.15) is 13.2 Å². The minimum absolute atomic E-state index is 0.186. The van der Waals surface area contributed by atoms with Crippen molar-refractivity contribution < 1.29 is 51.1 Å². The third-order valence-electron chi connectivity index (χ3n) is 9.85. The van der Waals surface area contributed by atoms with Crippen molar-refractivity contribution in [2.75, 3.05) is 14.2 Å². The van der Waals surface area contributed by atoms with E-state index >= 15 is 0 Å². The highest BCUT2D eigenvalue weighted by molar-refractivity contribution is 9.10. The molecule has 3 N–H and O–H groups in total. The second-order valence-electron chi connectivity index (χ2n) is 14.9. The fourth-order valence-corrected chi connectivity index (χ4v) is 6.47. The van der Waals surface area contributed by atoms with Gasteiger partial charge in [0.25, 0.3) is 0 Å². The van der Waals surface area contributed by atoms with Crippen LogP contribution in [0.2, 0.25) is 5.02 Å². The quantitative estimate of drug-likeness (QED) is 0.0909. The number of halogens is 6. The van der Waals surface area contributed by atoms with E-state index in [1.54, 1.807) is 26.0 Å². The predicted octanol–water partition coefficient (Wildman–Crippen LogP) is 10.1. The van der Waals surface area contributed by atoms with Crippen molar-refractivity contribution in [1.29, 1.82) is 0 Å². The Hall–Kier alpha value is -4.00. The Bertz CT molecular complexity index is 2270. The van der Waals surface area contributed by atoms with Crippen molar-refractivity contribution in [2.24, 2.45) is 5.73 Å². The van der Waals surface area contributed by atoms with Crippen LogP contribution in [-0.2, 0) is 42.3 Å². The molecule has 60 heavy (non-hydrogen) atoms. The average molecular weight is 986 g/mol. The lowest BCUT2D eigenvalue weighted by atomic mass is 9.75. The van der Waals surface area contributed by atoms with Gasteiger partial charge in [-0.25, -0.2) is 9.78 Å². The Morgan fingerprint density at radius 1 is 0.950 bits per heavy atom. The molecule has 0 amide bonds. The molecule has 0 radical (unpaired) electrons. The number of fused-ring (bicyclic) bond motifs is 1. The maximum Gasteiger partial charge on any atom is 0.494 e. The van der Waals surface area contributed by atoms with Crippen LogP contribution in [0.5, 0.6) is 5.88 Å². The minimum Gasteiger partial charge on any atom is -0.481 e. The topological polar surface area (TPSA) is 156 Å². The van der Waals surface area contributed by atoms with Crippen LogP contribution in [-0.4, -0.2) is 59.6 Å². The molecule has 3 aromatic heterocycles. The van der Waals surface area contributed by atoms with Crippen molar-refractivity contribution in [1.82, 2.24) is 9.97 Å². The first-order chi connectivity index (χ1) is 27.8. The maximum atomic E-state index is 12.0. The van der Waals surface area contributed by atoms with Crippen LogP contribution in [0.1, 0.15) is 85.8 Å². The number of hydrogen-bond donors (Lipinski definition) is 2. The number of esters is 1. The van der Waals surface area contributed by atoms with Crippen LogP contribution in [0.15, 0.2) is 75.6 Å². The highest BCUT2D eigenvalue weighted by atomic mass is 79.9. The van der Waals surface area contributed by atoms with Crippen LogP contribution < -0.4 is 15.9 Å². The molecular weight excluding hydrogens is 938 g/mol. The van der Waals surface area contributed by atoms with E-state index in [2.05, 4.69) is 46.2 Å². The zero-order valence-corrected chi connectivity index (χ0v) is 38.8. The van der Waals surface area contributed by atoms with E-state index in [0.717, 1.165) is 32.2 Å². The van der Waals surface area contributed by atoms with Gasteiger partial charge in [-0.15, -0.1) is 0 Å². The number of carbonyl (C=O) groups is 2. The van der Waals surface area contributed by atoms with E-state index in [1.807, 2.05) is 84.0 Å². The smallest absolute Gasteiger partial charge is 0.481 e. The third-order valence-corrected chi connectivity index (χ3v) is 11.2. The molecule has 11 nitrogen and oxygen atoms in total. The number of carbonyl (C=O) groups excluding carboxylic acids is 1. The summed E-state index contributed by atoms with van der Waals surface area (Å²) in [5, 5.41) is 10.3. The zero-order chi connectivity index (χ0) is 45.4.